The van der Waals surface area contributed by atoms with E-state index in [-0.39, 0.29) is 11.4 Å². The summed E-state index contributed by atoms with van der Waals surface area (Å²) in [5, 5.41) is 10.3. The Kier molecular flexibility index (Phi) is 4.97. The van der Waals surface area contributed by atoms with Gasteiger partial charge < -0.3 is 19.3 Å². The number of benzene rings is 2. The predicted octanol–water partition coefficient (Wildman–Crippen LogP) is 2.34. The van der Waals surface area contributed by atoms with Crippen molar-refractivity contribution in [1.82, 2.24) is 0 Å². The molecule has 0 fully saturated rings. The van der Waals surface area contributed by atoms with Crippen LogP contribution in [0.5, 0.6) is 17.2 Å². The van der Waals surface area contributed by atoms with Crippen molar-refractivity contribution < 1.29 is 27.7 Å². The molecule has 0 bridgehead atoms. The third-order valence-corrected chi connectivity index (χ3v) is 6.22. The molecule has 2 aromatic carbocycles. The highest BCUT2D eigenvalue weighted by atomic mass is 32.2. The lowest BCUT2D eigenvalue weighted by molar-refractivity contribution is 0.166. The zero-order valence-corrected chi connectivity index (χ0v) is 15.6. The van der Waals surface area contributed by atoms with Crippen LogP contribution in [0.4, 0.5) is 5.69 Å². The van der Waals surface area contributed by atoms with Crippen LogP contribution in [0, 0.1) is 0 Å². The van der Waals surface area contributed by atoms with Crippen molar-refractivity contribution in [2.45, 2.75) is 17.4 Å². The van der Waals surface area contributed by atoms with E-state index in [2.05, 4.69) is 0 Å². The van der Waals surface area contributed by atoms with Crippen molar-refractivity contribution in [1.29, 1.82) is 0 Å². The minimum absolute atomic E-state index is 0.0910. The molecule has 7 nitrogen and oxygen atoms in total. The Morgan fingerprint density at radius 3 is 2.38 bits per heavy atom. The molecule has 1 unspecified atom stereocenters. The average molecular weight is 379 g/mol. The summed E-state index contributed by atoms with van der Waals surface area (Å²) < 4.78 is 43.2. The molecule has 1 heterocycles. The number of aliphatic hydroxyl groups excluding tert-OH is 1. The van der Waals surface area contributed by atoms with Crippen molar-refractivity contribution in [3.8, 4) is 17.2 Å². The molecule has 1 atom stereocenters. The van der Waals surface area contributed by atoms with Crippen molar-refractivity contribution in [2.24, 2.45) is 0 Å². The summed E-state index contributed by atoms with van der Waals surface area (Å²) in [6.07, 6.45) is -0.441. The molecule has 140 valence electrons. The molecule has 0 saturated heterocycles. The highest BCUT2D eigenvalue weighted by molar-refractivity contribution is 7.92. The molecule has 0 amide bonds. The van der Waals surface area contributed by atoms with Gasteiger partial charge in [-0.3, -0.25) is 4.31 Å². The van der Waals surface area contributed by atoms with Crippen LogP contribution in [0.1, 0.15) is 18.1 Å². The fourth-order valence-electron chi connectivity index (χ4n) is 3.02. The number of hydrogen-bond acceptors (Lipinski definition) is 6. The zero-order valence-electron chi connectivity index (χ0n) is 14.8. The lowest BCUT2D eigenvalue weighted by atomic mass is 10.0. The van der Waals surface area contributed by atoms with Gasteiger partial charge in [0.1, 0.15) is 5.75 Å². The molecule has 2 aromatic rings. The first kappa shape index (κ1) is 18.3. The number of aliphatic hydroxyl groups is 1. The van der Waals surface area contributed by atoms with Crippen LogP contribution in [-0.4, -0.2) is 41.4 Å². The van der Waals surface area contributed by atoms with Gasteiger partial charge in [0.2, 0.25) is 0 Å². The summed E-state index contributed by atoms with van der Waals surface area (Å²) in [7, 11) is 0.632. The third kappa shape index (κ3) is 3.06. The number of anilines is 1. The minimum Gasteiger partial charge on any atom is -0.497 e. The molecule has 0 spiro atoms. The molecule has 0 aliphatic carbocycles. The van der Waals surface area contributed by atoms with E-state index in [1.807, 2.05) is 0 Å². The normalized spacial score (nSPS) is 16.8. The van der Waals surface area contributed by atoms with E-state index in [0.29, 0.717) is 34.9 Å². The van der Waals surface area contributed by atoms with Crippen molar-refractivity contribution in [3.05, 3.63) is 42.0 Å². The Hall–Kier alpha value is -2.45. The molecule has 0 saturated carbocycles. The maximum Gasteiger partial charge on any atom is 0.264 e. The summed E-state index contributed by atoms with van der Waals surface area (Å²) in [6, 6.07) is 9.45. The lowest BCUT2D eigenvalue weighted by Crippen LogP contribution is -2.36. The molecule has 1 aliphatic rings. The smallest absolute Gasteiger partial charge is 0.264 e. The zero-order chi connectivity index (χ0) is 18.9. The molecular weight excluding hydrogens is 358 g/mol. The lowest BCUT2D eigenvalue weighted by Gasteiger charge is -2.33. The highest BCUT2D eigenvalue weighted by Gasteiger charge is 2.33. The number of rotatable bonds is 5. The Morgan fingerprint density at radius 1 is 1.00 bits per heavy atom. The van der Waals surface area contributed by atoms with Crippen LogP contribution < -0.4 is 18.5 Å². The first-order valence-corrected chi connectivity index (χ1v) is 9.47. The van der Waals surface area contributed by atoms with Gasteiger partial charge in [0.25, 0.3) is 10.0 Å². The molecule has 8 heteroatoms. The number of ether oxygens (including phenoxy) is 3. The fourth-order valence-corrected chi connectivity index (χ4v) is 4.54. The fraction of sp³-hybridized carbons (Fsp3) is 0.333. The van der Waals surface area contributed by atoms with Crippen molar-refractivity contribution in [2.75, 3.05) is 32.2 Å². The van der Waals surface area contributed by atoms with Gasteiger partial charge >= 0.3 is 0 Å². The van der Waals surface area contributed by atoms with Crippen molar-refractivity contribution in [3.63, 3.8) is 0 Å². The number of fused-ring (bicyclic) bond motifs is 1. The Labute approximate surface area is 152 Å². The summed E-state index contributed by atoms with van der Waals surface area (Å²) in [5.41, 5.74) is 0.971. The largest absolute Gasteiger partial charge is 0.497 e. The van der Waals surface area contributed by atoms with Gasteiger partial charge in [-0.05, 0) is 36.8 Å². The van der Waals surface area contributed by atoms with Crippen LogP contribution in [0.25, 0.3) is 0 Å². The number of nitrogens with zero attached hydrogens (tertiary/aromatic N) is 1. The number of hydrogen-bond donors (Lipinski definition) is 1. The van der Waals surface area contributed by atoms with Crippen molar-refractivity contribution >= 4 is 15.7 Å². The Balaban J connectivity index is 2.08. The van der Waals surface area contributed by atoms with Crippen LogP contribution in [0.15, 0.2) is 41.3 Å². The quantitative estimate of drug-likeness (QED) is 0.858. The monoisotopic (exact) mass is 379 g/mol. The molecule has 3 rings (SSSR count). The molecule has 1 N–H and O–H groups in total. The summed E-state index contributed by atoms with van der Waals surface area (Å²) in [5.74, 6) is 1.35. The standard InChI is InChI=1S/C18H21NO6S/c1-23-12-4-6-15-14(10-12)16(20)8-9-19(15)26(21,22)13-5-7-17(24-2)18(11-13)25-3/h4-7,10-11,16,20H,8-9H2,1-3H3. The highest BCUT2D eigenvalue weighted by Crippen LogP contribution is 2.40. The molecular formula is C18H21NO6S. The minimum atomic E-state index is -3.83. The van der Waals surface area contributed by atoms with E-state index < -0.39 is 16.1 Å². The van der Waals surface area contributed by atoms with Gasteiger partial charge in [0.05, 0.1) is 38.0 Å². The second kappa shape index (κ2) is 7.05. The summed E-state index contributed by atoms with van der Waals surface area (Å²) in [4.78, 5) is 0.0910. The van der Waals surface area contributed by atoms with Gasteiger partial charge in [0.15, 0.2) is 11.5 Å². The van der Waals surface area contributed by atoms with Crippen LogP contribution in [-0.2, 0) is 10.0 Å². The van der Waals surface area contributed by atoms with Gasteiger partial charge in [-0.25, -0.2) is 8.42 Å². The van der Waals surface area contributed by atoms with Crippen LogP contribution >= 0.6 is 0 Å². The van der Waals surface area contributed by atoms with Gasteiger partial charge in [-0.1, -0.05) is 0 Å². The first-order valence-electron chi connectivity index (χ1n) is 8.03. The second-order valence-electron chi connectivity index (χ2n) is 5.82. The van der Waals surface area contributed by atoms with E-state index in [4.69, 9.17) is 14.2 Å². The van der Waals surface area contributed by atoms with Gasteiger partial charge in [0, 0.05) is 18.2 Å². The van der Waals surface area contributed by atoms with Crippen LogP contribution in [0.2, 0.25) is 0 Å². The topological polar surface area (TPSA) is 85.3 Å². The summed E-state index contributed by atoms with van der Waals surface area (Å²) in [6.45, 7) is 0.178. The third-order valence-electron chi connectivity index (χ3n) is 4.41. The molecule has 26 heavy (non-hydrogen) atoms. The van der Waals surface area contributed by atoms with E-state index >= 15 is 0 Å². The molecule has 1 aliphatic heterocycles. The van der Waals surface area contributed by atoms with E-state index in [1.165, 1.54) is 37.8 Å². The molecule has 0 aromatic heterocycles. The molecule has 0 radical (unpaired) electrons. The summed E-state index contributed by atoms with van der Waals surface area (Å²) >= 11 is 0. The predicted molar refractivity (Wildman–Crippen MR) is 96.6 cm³/mol. The average Bonchev–Trinajstić information content (AvgIpc) is 2.67. The van der Waals surface area contributed by atoms with Crippen LogP contribution in [0.3, 0.4) is 0 Å². The Bertz CT molecular complexity index is 912. The van der Waals surface area contributed by atoms with E-state index in [9.17, 15) is 13.5 Å². The maximum absolute atomic E-state index is 13.2. The first-order chi connectivity index (χ1) is 12.4. The van der Waals surface area contributed by atoms with E-state index in [1.54, 1.807) is 24.3 Å². The second-order valence-corrected chi connectivity index (χ2v) is 7.69. The Morgan fingerprint density at radius 2 is 1.73 bits per heavy atom. The van der Waals surface area contributed by atoms with E-state index in [0.717, 1.165) is 0 Å². The number of methoxy groups -OCH3 is 3. The number of sulfonamides is 1. The SMILES string of the molecule is COc1ccc2c(c1)C(O)CCN2S(=O)(=O)c1ccc(OC)c(OC)c1. The van der Waals surface area contributed by atoms with Gasteiger partial charge in [-0.2, -0.15) is 0 Å². The maximum atomic E-state index is 13.2. The van der Waals surface area contributed by atoms with Gasteiger partial charge in [-0.15, -0.1) is 0 Å².